The summed E-state index contributed by atoms with van der Waals surface area (Å²) in [6.07, 6.45) is 1.52. The van der Waals surface area contributed by atoms with Crippen molar-refractivity contribution >= 4 is 5.71 Å². The summed E-state index contributed by atoms with van der Waals surface area (Å²) in [6.45, 7) is 3.76. The Kier molecular flexibility index (Phi) is 1.20. The minimum Gasteiger partial charge on any atom is -0.275 e. The molecule has 0 fully saturated rings. The fourth-order valence-corrected chi connectivity index (χ4v) is 0.328. The summed E-state index contributed by atoms with van der Waals surface area (Å²) in [6, 6.07) is 0. The van der Waals surface area contributed by atoms with Crippen LogP contribution in [0.4, 0.5) is 0 Å². The van der Waals surface area contributed by atoms with E-state index in [1.165, 1.54) is 6.26 Å². The van der Waals surface area contributed by atoms with Gasteiger partial charge in [-0.25, -0.2) is 0 Å². The summed E-state index contributed by atoms with van der Waals surface area (Å²) < 4.78 is 0. The molecule has 1 aliphatic rings. The first-order valence-electron chi connectivity index (χ1n) is 2.35. The first kappa shape index (κ1) is 5.15. The molecule has 0 unspecified atom stereocenters. The summed E-state index contributed by atoms with van der Waals surface area (Å²) in [5.41, 5.74) is 1.85. The lowest BCUT2D eigenvalue weighted by Crippen LogP contribution is -2.00. The van der Waals surface area contributed by atoms with Crippen molar-refractivity contribution in [1.82, 2.24) is 0 Å². The normalized spacial score (nSPS) is 17.8. The molecule has 1 heterocycles. The molecule has 0 bridgehead atoms. The number of hydrogen-bond acceptors (Lipinski definition) is 3. The van der Waals surface area contributed by atoms with Gasteiger partial charge in [-0.15, -0.1) is 0 Å². The molecule has 0 amide bonds. The molecule has 0 spiro atoms. The van der Waals surface area contributed by atoms with Crippen molar-refractivity contribution in [3.8, 4) is 0 Å². The molecule has 1 rings (SSSR count). The quantitative estimate of drug-likeness (QED) is 0.442. The first-order chi connectivity index (χ1) is 3.80. The standard InChI is InChI=1S/C5H7NO2/c1-4-3-7-8-6-5(4)2/h3H,1-2H3. The van der Waals surface area contributed by atoms with E-state index >= 15 is 0 Å². The van der Waals surface area contributed by atoms with E-state index in [1.807, 2.05) is 13.8 Å². The summed E-state index contributed by atoms with van der Waals surface area (Å²) in [7, 11) is 0. The second-order valence-corrected chi connectivity index (χ2v) is 1.65. The Bertz CT molecular complexity index is 131. The average molecular weight is 113 g/mol. The van der Waals surface area contributed by atoms with Gasteiger partial charge in [-0.05, 0) is 19.0 Å². The van der Waals surface area contributed by atoms with Crippen LogP contribution >= 0.6 is 0 Å². The number of hydrogen-bond donors (Lipinski definition) is 0. The maximum Gasteiger partial charge on any atom is 0.150 e. The summed E-state index contributed by atoms with van der Waals surface area (Å²) in [5.74, 6) is 0. The minimum absolute atomic E-state index is 0.858. The molecule has 0 aromatic heterocycles. The van der Waals surface area contributed by atoms with Crippen LogP contribution in [0.1, 0.15) is 13.8 Å². The Labute approximate surface area is 47.5 Å². The van der Waals surface area contributed by atoms with Crippen LogP contribution in [-0.4, -0.2) is 5.71 Å². The number of oxime groups is 1. The molecule has 0 aromatic carbocycles. The van der Waals surface area contributed by atoms with Gasteiger partial charge in [0.25, 0.3) is 0 Å². The predicted octanol–water partition coefficient (Wildman–Crippen LogP) is 1.23. The van der Waals surface area contributed by atoms with Gasteiger partial charge in [-0.1, -0.05) is 0 Å². The molecular formula is C5H7NO2. The highest BCUT2D eigenvalue weighted by Gasteiger charge is 2.00. The first-order valence-corrected chi connectivity index (χ1v) is 2.35. The van der Waals surface area contributed by atoms with Crippen molar-refractivity contribution in [1.29, 1.82) is 0 Å². The predicted molar refractivity (Wildman–Crippen MR) is 29.0 cm³/mol. The van der Waals surface area contributed by atoms with Gasteiger partial charge in [0.2, 0.25) is 0 Å². The van der Waals surface area contributed by atoms with E-state index in [1.54, 1.807) is 0 Å². The van der Waals surface area contributed by atoms with Crippen molar-refractivity contribution in [2.24, 2.45) is 5.16 Å². The van der Waals surface area contributed by atoms with E-state index in [2.05, 4.69) is 15.0 Å². The average Bonchev–Trinajstić information content (AvgIpc) is 1.77. The number of nitrogens with zero attached hydrogens (tertiary/aromatic N) is 1. The van der Waals surface area contributed by atoms with Crippen molar-refractivity contribution < 1.29 is 9.88 Å². The molecule has 3 heteroatoms. The lowest BCUT2D eigenvalue weighted by atomic mass is 10.2. The van der Waals surface area contributed by atoms with Crippen molar-refractivity contribution in [3.63, 3.8) is 0 Å². The zero-order valence-electron chi connectivity index (χ0n) is 4.84. The fraction of sp³-hybridized carbons (Fsp3) is 0.400. The van der Waals surface area contributed by atoms with Gasteiger partial charge in [0.05, 0.1) is 5.71 Å². The van der Waals surface area contributed by atoms with Crippen LogP contribution in [0.15, 0.2) is 17.0 Å². The van der Waals surface area contributed by atoms with Gasteiger partial charge < -0.3 is 0 Å². The molecular weight excluding hydrogens is 106 g/mol. The van der Waals surface area contributed by atoms with E-state index in [4.69, 9.17) is 0 Å². The van der Waals surface area contributed by atoms with Gasteiger partial charge >= 0.3 is 0 Å². The van der Waals surface area contributed by atoms with Crippen LogP contribution in [0.5, 0.6) is 0 Å². The smallest absolute Gasteiger partial charge is 0.150 e. The third-order valence-electron chi connectivity index (χ3n) is 1.01. The summed E-state index contributed by atoms with van der Waals surface area (Å²) in [5, 5.41) is 3.54. The Balaban J connectivity index is 2.73. The van der Waals surface area contributed by atoms with E-state index in [0.717, 1.165) is 11.3 Å². The molecule has 8 heavy (non-hydrogen) atoms. The molecule has 0 aliphatic carbocycles. The van der Waals surface area contributed by atoms with Crippen LogP contribution < -0.4 is 0 Å². The van der Waals surface area contributed by atoms with E-state index < -0.39 is 0 Å². The van der Waals surface area contributed by atoms with E-state index in [0.29, 0.717) is 0 Å². The van der Waals surface area contributed by atoms with Crippen LogP contribution in [-0.2, 0) is 9.88 Å². The largest absolute Gasteiger partial charge is 0.275 e. The zero-order valence-corrected chi connectivity index (χ0v) is 4.84. The molecule has 0 radical (unpaired) electrons. The zero-order chi connectivity index (χ0) is 5.98. The third-order valence-corrected chi connectivity index (χ3v) is 1.01. The lowest BCUT2D eigenvalue weighted by Gasteiger charge is -2.03. The summed E-state index contributed by atoms with van der Waals surface area (Å²) >= 11 is 0. The highest BCUT2D eigenvalue weighted by atomic mass is 17.3. The monoisotopic (exact) mass is 113 g/mol. The van der Waals surface area contributed by atoms with Gasteiger partial charge in [-0.2, -0.15) is 4.99 Å². The Morgan fingerprint density at radius 2 is 2.25 bits per heavy atom. The Morgan fingerprint density at radius 1 is 1.50 bits per heavy atom. The third kappa shape index (κ3) is 0.804. The highest BCUT2D eigenvalue weighted by Crippen LogP contribution is 2.03. The van der Waals surface area contributed by atoms with Crippen LogP contribution in [0.2, 0.25) is 0 Å². The molecule has 1 aliphatic heterocycles. The minimum atomic E-state index is 0.858. The van der Waals surface area contributed by atoms with Gasteiger partial charge in [0, 0.05) is 5.57 Å². The van der Waals surface area contributed by atoms with Crippen LogP contribution in [0, 0.1) is 0 Å². The van der Waals surface area contributed by atoms with Gasteiger partial charge in [0.15, 0.2) is 0 Å². The van der Waals surface area contributed by atoms with Crippen LogP contribution in [0.25, 0.3) is 0 Å². The van der Waals surface area contributed by atoms with Gasteiger partial charge in [-0.3, -0.25) is 4.89 Å². The lowest BCUT2D eigenvalue weighted by molar-refractivity contribution is -0.252. The summed E-state index contributed by atoms with van der Waals surface area (Å²) in [4.78, 5) is 8.67. The maximum atomic E-state index is 4.40. The van der Waals surface area contributed by atoms with Crippen LogP contribution in [0.3, 0.4) is 0 Å². The van der Waals surface area contributed by atoms with E-state index in [-0.39, 0.29) is 0 Å². The molecule has 3 nitrogen and oxygen atoms in total. The molecule has 0 saturated heterocycles. The van der Waals surface area contributed by atoms with Crippen molar-refractivity contribution in [3.05, 3.63) is 11.8 Å². The maximum absolute atomic E-state index is 4.40. The molecule has 0 N–H and O–H groups in total. The molecule has 0 aromatic rings. The van der Waals surface area contributed by atoms with Crippen molar-refractivity contribution in [2.45, 2.75) is 13.8 Å². The highest BCUT2D eigenvalue weighted by molar-refractivity contribution is 5.97. The number of rotatable bonds is 0. The molecule has 0 atom stereocenters. The van der Waals surface area contributed by atoms with Gasteiger partial charge in [0.1, 0.15) is 6.26 Å². The second kappa shape index (κ2) is 1.86. The Morgan fingerprint density at radius 3 is 2.62 bits per heavy atom. The second-order valence-electron chi connectivity index (χ2n) is 1.65. The number of allylic oxidation sites excluding steroid dienone is 1. The SMILES string of the molecule is CC1=COON=C1C. The van der Waals surface area contributed by atoms with E-state index in [9.17, 15) is 0 Å². The Hall–Kier alpha value is -0.990. The fourth-order valence-electron chi connectivity index (χ4n) is 0.328. The van der Waals surface area contributed by atoms with Crippen molar-refractivity contribution in [2.75, 3.05) is 0 Å². The molecule has 44 valence electrons. The topological polar surface area (TPSA) is 30.8 Å². The molecule has 0 saturated carbocycles.